The molecule has 0 aliphatic rings. The normalized spacial score (nSPS) is 14.5. The van der Waals surface area contributed by atoms with Crippen molar-refractivity contribution >= 4 is 27.6 Å². The molecule has 15 heteroatoms. The summed E-state index contributed by atoms with van der Waals surface area (Å²) in [6, 6.07) is 0. The van der Waals surface area contributed by atoms with E-state index in [0.717, 1.165) is 70.6 Å². The van der Waals surface area contributed by atoms with Crippen LogP contribution in [-0.2, 0) is 41.8 Å². The minimum Gasteiger partial charge on any atom is -0.462 e. The molecular formula is C46H82O13P2. The third-order valence-corrected chi connectivity index (χ3v) is 10.8. The number of ether oxygens (including phenoxy) is 2. The molecule has 4 N–H and O–H groups in total. The van der Waals surface area contributed by atoms with Gasteiger partial charge in [-0.3, -0.25) is 23.2 Å². The number of unbranched alkanes of at least 4 members (excludes halogenated alkanes) is 17. The Bertz CT molecular complexity index is 1310. The van der Waals surface area contributed by atoms with Gasteiger partial charge in [0.2, 0.25) is 0 Å². The lowest BCUT2D eigenvalue weighted by Gasteiger charge is -2.20. The van der Waals surface area contributed by atoms with Crippen LogP contribution in [-0.4, -0.2) is 70.4 Å². The van der Waals surface area contributed by atoms with Crippen molar-refractivity contribution in [2.75, 3.05) is 26.4 Å². The smallest absolute Gasteiger partial charge is 0.462 e. The molecule has 0 bridgehead atoms. The number of phosphoric acid groups is 2. The van der Waals surface area contributed by atoms with E-state index in [1.165, 1.54) is 70.6 Å². The summed E-state index contributed by atoms with van der Waals surface area (Å²) in [6.45, 7) is 1.63. The van der Waals surface area contributed by atoms with Crippen molar-refractivity contribution in [2.45, 2.75) is 193 Å². The molecule has 0 rings (SSSR count). The Morgan fingerprint density at radius 1 is 0.492 bits per heavy atom. The average Bonchev–Trinajstić information content (AvgIpc) is 3.22. The number of hydrogen-bond acceptors (Lipinski definition) is 10. The van der Waals surface area contributed by atoms with Gasteiger partial charge in [-0.2, -0.15) is 0 Å². The molecule has 0 aromatic rings. The van der Waals surface area contributed by atoms with Crippen molar-refractivity contribution in [2.24, 2.45) is 0 Å². The van der Waals surface area contributed by atoms with E-state index in [1.54, 1.807) is 0 Å². The Hall–Kier alpha value is -2.18. The summed E-state index contributed by atoms with van der Waals surface area (Å²) in [5.41, 5.74) is 0. The molecule has 0 saturated carbocycles. The maximum absolute atomic E-state index is 12.7. The average molecular weight is 905 g/mol. The quantitative estimate of drug-likeness (QED) is 0.0195. The van der Waals surface area contributed by atoms with Crippen molar-refractivity contribution in [3.8, 4) is 0 Å². The van der Waals surface area contributed by atoms with E-state index in [2.05, 4.69) is 83.7 Å². The van der Waals surface area contributed by atoms with Crippen LogP contribution >= 0.6 is 15.6 Å². The summed E-state index contributed by atoms with van der Waals surface area (Å²) >= 11 is 0. The van der Waals surface area contributed by atoms with Crippen LogP contribution in [0.2, 0.25) is 0 Å². The zero-order valence-corrected chi connectivity index (χ0v) is 39.3. The first-order valence-electron chi connectivity index (χ1n) is 23.0. The van der Waals surface area contributed by atoms with Crippen molar-refractivity contribution in [3.63, 3.8) is 0 Å². The van der Waals surface area contributed by atoms with E-state index < -0.39 is 66.2 Å². The van der Waals surface area contributed by atoms with E-state index in [4.69, 9.17) is 23.8 Å². The minimum absolute atomic E-state index is 0.125. The first-order chi connectivity index (χ1) is 29.4. The number of carbonyl (C=O) groups is 2. The zero-order chi connectivity index (χ0) is 45.1. The summed E-state index contributed by atoms with van der Waals surface area (Å²) in [7, 11) is -9.68. The van der Waals surface area contributed by atoms with Gasteiger partial charge in [0, 0.05) is 12.8 Å². The van der Waals surface area contributed by atoms with Crippen LogP contribution in [0.1, 0.15) is 181 Å². The fraction of sp³-hybridized carbons (Fsp3) is 0.739. The molecule has 0 aromatic heterocycles. The Morgan fingerprint density at radius 2 is 0.902 bits per heavy atom. The van der Waals surface area contributed by atoms with Crippen LogP contribution in [0.5, 0.6) is 0 Å². The summed E-state index contributed by atoms with van der Waals surface area (Å²) in [6.07, 6.45) is 44.9. The lowest BCUT2D eigenvalue weighted by molar-refractivity contribution is -0.161. The number of esters is 2. The second kappa shape index (κ2) is 41.8. The highest BCUT2D eigenvalue weighted by Gasteiger charge is 2.28. The number of aliphatic hydroxyl groups is 1. The maximum Gasteiger partial charge on any atom is 0.472 e. The number of rotatable bonds is 43. The standard InChI is InChI=1S/C46H82O13P2/c1-3-5-7-9-11-13-15-17-19-20-21-22-24-25-27-29-31-33-35-37-45(48)55-41-44(42-58-61(53,54)57-40-43(47)39-56-60(50,51)52)59-46(49)38-36-34-32-30-28-26-23-18-16-14-12-10-8-6-4-2/h5,7,11,13,17,19,21-22,25,27,43-44,47H,3-4,6,8-10,12,14-16,18,20,23-24,26,28-42H2,1-2H3,(H,53,54)(H2,50,51,52)/b7-5-,13-11-,19-17-,22-21-,27-25-/t43-,44+/m0/s1. The second-order valence-electron chi connectivity index (χ2n) is 15.3. The van der Waals surface area contributed by atoms with Crippen LogP contribution < -0.4 is 0 Å². The largest absolute Gasteiger partial charge is 0.472 e. The molecule has 0 aromatic carbocycles. The summed E-state index contributed by atoms with van der Waals surface area (Å²) in [5.74, 6) is -1.07. The van der Waals surface area contributed by atoms with E-state index in [9.17, 15) is 28.7 Å². The number of phosphoric ester groups is 2. The molecule has 0 aliphatic carbocycles. The number of hydrogen-bond donors (Lipinski definition) is 4. The van der Waals surface area contributed by atoms with Crippen LogP contribution in [0.4, 0.5) is 0 Å². The SMILES string of the molecule is CC/C=C\C/C=C\C/C=C\C/C=C\C/C=C\CCCCCC(=O)OC[C@H](COP(=O)(O)OC[C@@H](O)COP(=O)(O)O)OC(=O)CCCCCCCCCCCCCCCCC. The van der Waals surface area contributed by atoms with Gasteiger partial charge in [-0.15, -0.1) is 0 Å². The Labute approximate surface area is 368 Å². The highest BCUT2D eigenvalue weighted by atomic mass is 31.2. The van der Waals surface area contributed by atoms with Crippen molar-refractivity contribution in [1.29, 1.82) is 0 Å². The molecule has 1 unspecified atom stereocenters. The predicted octanol–water partition coefficient (Wildman–Crippen LogP) is 12.0. The van der Waals surface area contributed by atoms with E-state index in [1.807, 2.05) is 0 Å². The molecule has 0 aliphatic heterocycles. The van der Waals surface area contributed by atoms with Gasteiger partial charge in [0.15, 0.2) is 6.10 Å². The van der Waals surface area contributed by atoms with E-state index in [-0.39, 0.29) is 12.8 Å². The van der Waals surface area contributed by atoms with Gasteiger partial charge in [-0.25, -0.2) is 9.13 Å². The minimum atomic E-state index is -4.87. The Kier molecular flexibility index (Phi) is 40.3. The molecule has 61 heavy (non-hydrogen) atoms. The fourth-order valence-electron chi connectivity index (χ4n) is 5.96. The summed E-state index contributed by atoms with van der Waals surface area (Å²) < 4.78 is 47.8. The van der Waals surface area contributed by atoms with Gasteiger partial charge in [-0.05, 0) is 57.8 Å². The first-order valence-corrected chi connectivity index (χ1v) is 26.0. The third kappa shape index (κ3) is 45.7. The fourth-order valence-corrected chi connectivity index (χ4v) is 7.12. The molecule has 13 nitrogen and oxygen atoms in total. The molecule has 354 valence electrons. The van der Waals surface area contributed by atoms with Gasteiger partial charge < -0.3 is 29.3 Å². The molecule has 0 saturated heterocycles. The topological polar surface area (TPSA) is 195 Å². The predicted molar refractivity (Wildman–Crippen MR) is 244 cm³/mol. The van der Waals surface area contributed by atoms with Crippen LogP contribution in [0.25, 0.3) is 0 Å². The van der Waals surface area contributed by atoms with Crippen LogP contribution in [0, 0.1) is 0 Å². The highest BCUT2D eigenvalue weighted by molar-refractivity contribution is 7.47. The van der Waals surface area contributed by atoms with Gasteiger partial charge in [0.1, 0.15) is 12.7 Å². The highest BCUT2D eigenvalue weighted by Crippen LogP contribution is 2.43. The molecule has 0 fully saturated rings. The molecule has 0 amide bonds. The maximum atomic E-state index is 12.7. The molecule has 0 radical (unpaired) electrons. The first kappa shape index (κ1) is 58.8. The summed E-state index contributed by atoms with van der Waals surface area (Å²) in [5, 5.41) is 9.75. The second-order valence-corrected chi connectivity index (χ2v) is 18.0. The Morgan fingerprint density at radius 3 is 1.39 bits per heavy atom. The molecule has 0 heterocycles. The Balaban J connectivity index is 4.54. The van der Waals surface area contributed by atoms with Gasteiger partial charge in [-0.1, -0.05) is 171 Å². The third-order valence-electron chi connectivity index (χ3n) is 9.41. The lowest BCUT2D eigenvalue weighted by atomic mass is 10.0. The molecule has 0 spiro atoms. The zero-order valence-electron chi connectivity index (χ0n) is 37.5. The monoisotopic (exact) mass is 905 g/mol. The molecule has 3 atom stereocenters. The van der Waals surface area contributed by atoms with Crippen molar-refractivity contribution < 1.29 is 61.6 Å². The molecular weight excluding hydrogens is 822 g/mol. The number of carbonyl (C=O) groups excluding carboxylic acids is 2. The number of aliphatic hydroxyl groups excluding tert-OH is 1. The van der Waals surface area contributed by atoms with Gasteiger partial charge >= 0.3 is 27.6 Å². The summed E-state index contributed by atoms with van der Waals surface area (Å²) in [4.78, 5) is 52.8. The van der Waals surface area contributed by atoms with Crippen molar-refractivity contribution in [1.82, 2.24) is 0 Å². The van der Waals surface area contributed by atoms with Crippen LogP contribution in [0.15, 0.2) is 60.8 Å². The van der Waals surface area contributed by atoms with Crippen molar-refractivity contribution in [3.05, 3.63) is 60.8 Å². The van der Waals surface area contributed by atoms with Crippen LogP contribution in [0.3, 0.4) is 0 Å². The number of allylic oxidation sites excluding steroid dienone is 10. The van der Waals surface area contributed by atoms with Gasteiger partial charge in [0.25, 0.3) is 0 Å². The lowest BCUT2D eigenvalue weighted by Crippen LogP contribution is -2.30. The van der Waals surface area contributed by atoms with E-state index >= 15 is 0 Å². The van der Waals surface area contributed by atoms with Gasteiger partial charge in [0.05, 0.1) is 19.8 Å². The van der Waals surface area contributed by atoms with E-state index in [0.29, 0.717) is 12.8 Å².